The van der Waals surface area contributed by atoms with E-state index in [1.165, 1.54) is 0 Å². The van der Waals surface area contributed by atoms with Gasteiger partial charge in [-0.3, -0.25) is 9.69 Å². The Kier molecular flexibility index (Phi) is 5.25. The molecule has 1 amide bonds. The van der Waals surface area contributed by atoms with Crippen LogP contribution in [-0.4, -0.2) is 47.7 Å². The molecule has 0 aromatic heterocycles. The summed E-state index contributed by atoms with van der Waals surface area (Å²) >= 11 is 0. The summed E-state index contributed by atoms with van der Waals surface area (Å²) in [7, 11) is 0. The Morgan fingerprint density at radius 2 is 1.85 bits per heavy atom. The number of rotatable bonds is 2. The van der Waals surface area contributed by atoms with E-state index in [0.717, 1.165) is 5.56 Å². The van der Waals surface area contributed by atoms with Gasteiger partial charge in [0.05, 0.1) is 36.9 Å². The Balaban J connectivity index is 1.80. The summed E-state index contributed by atoms with van der Waals surface area (Å²) in [6, 6.07) is 6.97. The zero-order chi connectivity index (χ0) is 19.8. The summed E-state index contributed by atoms with van der Waals surface area (Å²) in [5.41, 5.74) is 1.39. The second-order valence-electron chi connectivity index (χ2n) is 8.41. The molecule has 0 N–H and O–H groups in total. The number of fused-ring (bicyclic) bond motifs is 2. The number of morpholine rings is 1. The average Bonchev–Trinajstić information content (AvgIpc) is 2.59. The van der Waals surface area contributed by atoms with Gasteiger partial charge in [0, 0.05) is 11.5 Å². The van der Waals surface area contributed by atoms with Crippen LogP contribution >= 0.6 is 0 Å². The van der Waals surface area contributed by atoms with Crippen LogP contribution in [0, 0.1) is 24.2 Å². The van der Waals surface area contributed by atoms with E-state index in [1.807, 2.05) is 33.8 Å². The molecule has 2 fully saturated rings. The van der Waals surface area contributed by atoms with Crippen molar-refractivity contribution in [1.82, 2.24) is 4.90 Å². The van der Waals surface area contributed by atoms with Crippen LogP contribution in [0.1, 0.15) is 55.1 Å². The number of carbonyl (C=O) groups is 2. The van der Waals surface area contributed by atoms with Gasteiger partial charge in [-0.15, -0.1) is 0 Å². The van der Waals surface area contributed by atoms with Gasteiger partial charge in [-0.05, 0) is 58.2 Å². The number of amides is 1. The molecule has 1 aromatic rings. The predicted molar refractivity (Wildman–Crippen MR) is 99.4 cm³/mol. The van der Waals surface area contributed by atoms with E-state index in [0.29, 0.717) is 37.2 Å². The first-order valence-corrected chi connectivity index (χ1v) is 9.33. The lowest BCUT2D eigenvalue weighted by molar-refractivity contribution is -0.0861. The highest BCUT2D eigenvalue weighted by Gasteiger charge is 2.45. The Morgan fingerprint density at radius 1 is 1.22 bits per heavy atom. The number of carbonyl (C=O) groups excluding carboxylic acids is 2. The third-order valence-electron chi connectivity index (χ3n) is 5.13. The highest BCUT2D eigenvalue weighted by atomic mass is 16.6. The van der Waals surface area contributed by atoms with Crippen molar-refractivity contribution in [2.75, 3.05) is 13.2 Å². The predicted octanol–water partition coefficient (Wildman–Crippen LogP) is 3.46. The molecule has 2 aliphatic heterocycles. The fourth-order valence-electron chi connectivity index (χ4n) is 3.92. The number of hydrogen-bond acceptors (Lipinski definition) is 5. The second kappa shape index (κ2) is 7.32. The number of piperidine rings is 1. The number of Topliss-reactive ketones (excluding diaryl/α,β-unsaturated/α-hetero) is 1. The Bertz CT molecular complexity index is 776. The molecule has 1 aromatic carbocycles. The van der Waals surface area contributed by atoms with Gasteiger partial charge < -0.3 is 9.47 Å². The zero-order valence-corrected chi connectivity index (χ0v) is 16.3. The van der Waals surface area contributed by atoms with Crippen LogP contribution in [0.3, 0.4) is 0 Å². The summed E-state index contributed by atoms with van der Waals surface area (Å²) < 4.78 is 11.2. The maximum absolute atomic E-state index is 13.1. The standard InChI is InChI=1S/C21H26N2O4/c1-13-5-6-14(10-22)7-18(13)19(24)15-8-16-11-26-12-17(9-15)23(16)20(25)27-21(2,3)4/h5-7,15-17H,8-9,11-12H2,1-4H3. The fourth-order valence-corrected chi connectivity index (χ4v) is 3.92. The summed E-state index contributed by atoms with van der Waals surface area (Å²) in [6.45, 7) is 8.25. The molecule has 0 saturated carbocycles. The van der Waals surface area contributed by atoms with Crippen LogP contribution in [0.2, 0.25) is 0 Å². The van der Waals surface area contributed by atoms with Crippen LogP contribution in [0.15, 0.2) is 18.2 Å². The smallest absolute Gasteiger partial charge is 0.410 e. The molecule has 6 nitrogen and oxygen atoms in total. The van der Waals surface area contributed by atoms with Gasteiger partial charge in [0.2, 0.25) is 0 Å². The Morgan fingerprint density at radius 3 is 2.41 bits per heavy atom. The minimum atomic E-state index is -0.562. The van der Waals surface area contributed by atoms with Gasteiger partial charge in [0.25, 0.3) is 0 Å². The van der Waals surface area contributed by atoms with Gasteiger partial charge in [0.1, 0.15) is 5.60 Å². The van der Waals surface area contributed by atoms with Crippen LogP contribution in [0.4, 0.5) is 4.79 Å². The molecule has 2 saturated heterocycles. The van der Waals surface area contributed by atoms with Crippen molar-refractivity contribution in [2.24, 2.45) is 5.92 Å². The summed E-state index contributed by atoms with van der Waals surface area (Å²) in [6.07, 6.45) is 0.754. The molecule has 2 atom stereocenters. The molecule has 6 heteroatoms. The monoisotopic (exact) mass is 370 g/mol. The maximum Gasteiger partial charge on any atom is 0.410 e. The van der Waals surface area contributed by atoms with Gasteiger partial charge in [-0.1, -0.05) is 6.07 Å². The fraction of sp³-hybridized carbons (Fsp3) is 0.571. The molecule has 2 unspecified atom stereocenters. The Hall–Kier alpha value is -2.39. The number of ketones is 1. The third kappa shape index (κ3) is 4.14. The summed E-state index contributed by atoms with van der Waals surface area (Å²) in [4.78, 5) is 27.5. The topological polar surface area (TPSA) is 79.6 Å². The first-order chi connectivity index (χ1) is 12.7. The number of aryl methyl sites for hydroxylation is 1. The molecule has 0 aliphatic carbocycles. The second-order valence-corrected chi connectivity index (χ2v) is 8.41. The van der Waals surface area contributed by atoms with Gasteiger partial charge in [0.15, 0.2) is 5.78 Å². The van der Waals surface area contributed by atoms with E-state index in [-0.39, 0.29) is 29.9 Å². The number of nitrogens with zero attached hydrogens (tertiary/aromatic N) is 2. The summed E-state index contributed by atoms with van der Waals surface area (Å²) in [5, 5.41) is 9.13. The molecular formula is C21H26N2O4. The first-order valence-electron chi connectivity index (χ1n) is 9.33. The van der Waals surface area contributed by atoms with Crippen molar-refractivity contribution < 1.29 is 19.1 Å². The highest BCUT2D eigenvalue weighted by Crippen LogP contribution is 2.35. The van der Waals surface area contributed by atoms with E-state index in [2.05, 4.69) is 6.07 Å². The molecular weight excluding hydrogens is 344 g/mol. The number of benzene rings is 1. The lowest BCUT2D eigenvalue weighted by Crippen LogP contribution is -2.60. The van der Waals surface area contributed by atoms with Gasteiger partial charge >= 0.3 is 6.09 Å². The summed E-state index contributed by atoms with van der Waals surface area (Å²) in [5.74, 6) is -0.138. The third-order valence-corrected chi connectivity index (χ3v) is 5.13. The number of hydrogen-bond donors (Lipinski definition) is 0. The van der Waals surface area contributed by atoms with Crippen LogP contribution in [0.25, 0.3) is 0 Å². The van der Waals surface area contributed by atoms with Crippen LogP contribution < -0.4 is 0 Å². The van der Waals surface area contributed by atoms with Crippen molar-refractivity contribution in [2.45, 2.75) is 58.2 Å². The molecule has 144 valence electrons. The van der Waals surface area contributed by atoms with E-state index >= 15 is 0 Å². The van der Waals surface area contributed by atoms with Crippen molar-refractivity contribution in [3.8, 4) is 6.07 Å². The minimum absolute atomic E-state index is 0.0466. The number of nitriles is 1. The average molecular weight is 370 g/mol. The molecule has 2 heterocycles. The van der Waals surface area contributed by atoms with Crippen LogP contribution in [0.5, 0.6) is 0 Å². The minimum Gasteiger partial charge on any atom is -0.444 e. The molecule has 27 heavy (non-hydrogen) atoms. The molecule has 0 spiro atoms. The van der Waals surface area contributed by atoms with Crippen molar-refractivity contribution in [3.05, 3.63) is 34.9 Å². The van der Waals surface area contributed by atoms with E-state index in [4.69, 9.17) is 14.7 Å². The maximum atomic E-state index is 13.1. The molecule has 2 aliphatic rings. The van der Waals surface area contributed by atoms with E-state index in [1.54, 1.807) is 17.0 Å². The molecule has 2 bridgehead atoms. The normalized spacial score (nSPS) is 24.9. The van der Waals surface area contributed by atoms with Gasteiger partial charge in [-0.2, -0.15) is 5.26 Å². The van der Waals surface area contributed by atoms with Gasteiger partial charge in [-0.25, -0.2) is 4.79 Å². The quantitative estimate of drug-likeness (QED) is 0.745. The van der Waals surface area contributed by atoms with E-state index in [9.17, 15) is 9.59 Å². The van der Waals surface area contributed by atoms with Crippen molar-refractivity contribution >= 4 is 11.9 Å². The first kappa shape index (κ1) is 19.4. The SMILES string of the molecule is Cc1ccc(C#N)cc1C(=O)C1CC2COCC(C1)N2C(=O)OC(C)(C)C. The lowest BCUT2D eigenvalue weighted by Gasteiger charge is -2.47. The molecule has 3 rings (SSSR count). The van der Waals surface area contributed by atoms with Crippen molar-refractivity contribution in [3.63, 3.8) is 0 Å². The lowest BCUT2D eigenvalue weighted by atomic mass is 9.80. The largest absolute Gasteiger partial charge is 0.444 e. The van der Waals surface area contributed by atoms with Crippen LogP contribution in [-0.2, 0) is 9.47 Å². The number of ether oxygens (including phenoxy) is 2. The molecule has 0 radical (unpaired) electrons. The van der Waals surface area contributed by atoms with Crippen molar-refractivity contribution in [1.29, 1.82) is 5.26 Å². The zero-order valence-electron chi connectivity index (χ0n) is 16.3. The highest BCUT2D eigenvalue weighted by molar-refractivity contribution is 5.99. The Labute approximate surface area is 160 Å². The van der Waals surface area contributed by atoms with E-state index < -0.39 is 5.60 Å².